The lowest BCUT2D eigenvalue weighted by molar-refractivity contribution is 0.174. The Labute approximate surface area is 88.0 Å². The third-order valence-corrected chi connectivity index (χ3v) is 2.19. The van der Waals surface area contributed by atoms with E-state index in [9.17, 15) is 4.39 Å². The monoisotopic (exact) mass is 211 g/mol. The van der Waals surface area contributed by atoms with Crippen LogP contribution in [0.4, 0.5) is 4.39 Å². The first-order valence-corrected chi connectivity index (χ1v) is 4.83. The van der Waals surface area contributed by atoms with Crippen LogP contribution < -0.4 is 15.2 Å². The van der Waals surface area contributed by atoms with E-state index in [1.807, 2.05) is 13.8 Å². The number of hydrogen-bond acceptors (Lipinski definition) is 3. The Morgan fingerprint density at radius 1 is 1.33 bits per heavy atom. The minimum Gasteiger partial charge on any atom is -0.454 e. The van der Waals surface area contributed by atoms with Crippen LogP contribution in [0.2, 0.25) is 0 Å². The molecule has 0 spiro atoms. The molecule has 1 aliphatic rings. The summed E-state index contributed by atoms with van der Waals surface area (Å²) in [6.07, 6.45) is 0.468. The van der Waals surface area contributed by atoms with Crippen molar-refractivity contribution in [3.63, 3.8) is 0 Å². The van der Waals surface area contributed by atoms with Gasteiger partial charge in [-0.3, -0.25) is 0 Å². The molecule has 2 N–H and O–H groups in total. The SMILES string of the molecule is CC(C)(N)Cc1cc2c(cc1F)OCO2. The van der Waals surface area contributed by atoms with Crippen molar-refractivity contribution in [2.45, 2.75) is 25.8 Å². The van der Waals surface area contributed by atoms with Gasteiger partial charge in [0.2, 0.25) is 6.79 Å². The molecule has 0 atom stereocenters. The Bertz CT molecular complexity index is 385. The molecule has 1 heterocycles. The smallest absolute Gasteiger partial charge is 0.231 e. The first-order chi connectivity index (χ1) is 6.96. The summed E-state index contributed by atoms with van der Waals surface area (Å²) in [5.74, 6) is 0.763. The van der Waals surface area contributed by atoms with E-state index in [2.05, 4.69) is 0 Å². The summed E-state index contributed by atoms with van der Waals surface area (Å²) >= 11 is 0. The summed E-state index contributed by atoms with van der Waals surface area (Å²) in [5, 5.41) is 0. The van der Waals surface area contributed by atoms with E-state index in [1.54, 1.807) is 6.07 Å². The predicted molar refractivity (Wildman–Crippen MR) is 54.5 cm³/mol. The third-order valence-electron chi connectivity index (χ3n) is 2.19. The van der Waals surface area contributed by atoms with Gasteiger partial charge in [0, 0.05) is 11.6 Å². The van der Waals surface area contributed by atoms with Crippen molar-refractivity contribution in [3.05, 3.63) is 23.5 Å². The molecule has 0 radical (unpaired) electrons. The molecule has 0 unspecified atom stereocenters. The Morgan fingerprint density at radius 2 is 1.93 bits per heavy atom. The fourth-order valence-electron chi connectivity index (χ4n) is 1.59. The second kappa shape index (κ2) is 3.38. The molecule has 0 aromatic heterocycles. The fraction of sp³-hybridized carbons (Fsp3) is 0.455. The van der Waals surface area contributed by atoms with E-state index in [1.165, 1.54) is 6.07 Å². The van der Waals surface area contributed by atoms with Crippen molar-refractivity contribution in [2.24, 2.45) is 5.73 Å². The highest BCUT2D eigenvalue weighted by Crippen LogP contribution is 2.34. The zero-order chi connectivity index (χ0) is 11.1. The molecule has 82 valence electrons. The van der Waals surface area contributed by atoms with E-state index in [0.29, 0.717) is 23.5 Å². The molecule has 0 fully saturated rings. The summed E-state index contributed by atoms with van der Waals surface area (Å²) in [6, 6.07) is 3.01. The van der Waals surface area contributed by atoms with Crippen LogP contribution in [0.1, 0.15) is 19.4 Å². The lowest BCUT2D eigenvalue weighted by Gasteiger charge is -2.18. The van der Waals surface area contributed by atoms with Gasteiger partial charge in [0.05, 0.1) is 0 Å². The molecule has 3 nitrogen and oxygen atoms in total. The molecule has 1 aromatic rings. The fourth-order valence-corrected chi connectivity index (χ4v) is 1.59. The van der Waals surface area contributed by atoms with Gasteiger partial charge in [0.25, 0.3) is 0 Å². The summed E-state index contributed by atoms with van der Waals surface area (Å²) in [5.41, 5.74) is 5.97. The predicted octanol–water partition coefficient (Wildman–Crippen LogP) is 1.83. The third kappa shape index (κ3) is 2.21. The maximum Gasteiger partial charge on any atom is 0.231 e. The standard InChI is InChI=1S/C11H14FNO2/c1-11(2,13)5-7-3-9-10(4-8(7)12)15-6-14-9/h3-4H,5-6,13H2,1-2H3. The minimum absolute atomic E-state index is 0.157. The van der Waals surface area contributed by atoms with Crippen LogP contribution in [-0.4, -0.2) is 12.3 Å². The lowest BCUT2D eigenvalue weighted by atomic mass is 9.95. The molecule has 0 amide bonds. The zero-order valence-electron chi connectivity index (χ0n) is 8.84. The number of fused-ring (bicyclic) bond motifs is 1. The first-order valence-electron chi connectivity index (χ1n) is 4.83. The molecule has 1 aromatic carbocycles. The summed E-state index contributed by atoms with van der Waals surface area (Å²) in [4.78, 5) is 0. The van der Waals surface area contributed by atoms with Gasteiger partial charge in [-0.25, -0.2) is 4.39 Å². The van der Waals surface area contributed by atoms with Crippen molar-refractivity contribution in [1.29, 1.82) is 0 Å². The minimum atomic E-state index is -0.436. The zero-order valence-corrected chi connectivity index (χ0v) is 8.84. The van der Waals surface area contributed by atoms with Crippen molar-refractivity contribution in [2.75, 3.05) is 6.79 Å². The van der Waals surface area contributed by atoms with Crippen LogP contribution in [0.5, 0.6) is 11.5 Å². The van der Waals surface area contributed by atoms with Gasteiger partial charge in [0.1, 0.15) is 5.82 Å². The largest absolute Gasteiger partial charge is 0.454 e. The number of ether oxygens (including phenoxy) is 2. The van der Waals surface area contributed by atoms with Crippen LogP contribution >= 0.6 is 0 Å². The molecule has 0 saturated heterocycles. The molecule has 0 saturated carbocycles. The van der Waals surface area contributed by atoms with Crippen molar-refractivity contribution in [1.82, 2.24) is 0 Å². The molecule has 2 rings (SSSR count). The highest BCUT2D eigenvalue weighted by atomic mass is 19.1. The van der Waals surface area contributed by atoms with Gasteiger partial charge in [-0.2, -0.15) is 0 Å². The Hall–Kier alpha value is -1.29. The van der Waals surface area contributed by atoms with Crippen LogP contribution in [0.15, 0.2) is 12.1 Å². The van der Waals surface area contributed by atoms with Gasteiger partial charge in [0.15, 0.2) is 11.5 Å². The van der Waals surface area contributed by atoms with Gasteiger partial charge in [-0.1, -0.05) is 0 Å². The van der Waals surface area contributed by atoms with E-state index in [0.717, 1.165) is 0 Å². The topological polar surface area (TPSA) is 44.5 Å². The average molecular weight is 211 g/mol. The molecule has 0 bridgehead atoms. The Morgan fingerprint density at radius 3 is 2.53 bits per heavy atom. The number of rotatable bonds is 2. The molecule has 0 aliphatic carbocycles. The number of nitrogens with two attached hydrogens (primary N) is 1. The average Bonchev–Trinajstić information content (AvgIpc) is 2.49. The van der Waals surface area contributed by atoms with Crippen LogP contribution in [0, 0.1) is 5.82 Å². The molecular formula is C11H14FNO2. The molecule has 4 heteroatoms. The number of halogens is 1. The van der Waals surface area contributed by atoms with Gasteiger partial charge in [-0.05, 0) is 31.9 Å². The van der Waals surface area contributed by atoms with E-state index in [-0.39, 0.29) is 12.6 Å². The summed E-state index contributed by atoms with van der Waals surface area (Å²) in [7, 11) is 0. The number of hydrogen-bond donors (Lipinski definition) is 1. The maximum atomic E-state index is 13.6. The van der Waals surface area contributed by atoms with Gasteiger partial charge >= 0.3 is 0 Å². The van der Waals surface area contributed by atoms with Crippen LogP contribution in [0.25, 0.3) is 0 Å². The highest BCUT2D eigenvalue weighted by molar-refractivity contribution is 5.45. The second-order valence-electron chi connectivity index (χ2n) is 4.46. The second-order valence-corrected chi connectivity index (χ2v) is 4.46. The normalized spacial score (nSPS) is 14.4. The van der Waals surface area contributed by atoms with E-state index in [4.69, 9.17) is 15.2 Å². The quantitative estimate of drug-likeness (QED) is 0.811. The highest BCUT2D eigenvalue weighted by Gasteiger charge is 2.20. The molecular weight excluding hydrogens is 197 g/mol. The van der Waals surface area contributed by atoms with Gasteiger partial charge < -0.3 is 15.2 Å². The van der Waals surface area contributed by atoms with Crippen molar-refractivity contribution < 1.29 is 13.9 Å². The summed E-state index contributed by atoms with van der Waals surface area (Å²) < 4.78 is 23.8. The summed E-state index contributed by atoms with van der Waals surface area (Å²) in [6.45, 7) is 3.87. The van der Waals surface area contributed by atoms with Crippen molar-refractivity contribution in [3.8, 4) is 11.5 Å². The Kier molecular flexibility index (Phi) is 2.31. The molecule has 1 aliphatic heterocycles. The number of benzene rings is 1. The lowest BCUT2D eigenvalue weighted by Crippen LogP contribution is -2.34. The first kappa shape index (κ1) is 10.2. The van der Waals surface area contributed by atoms with Gasteiger partial charge in [-0.15, -0.1) is 0 Å². The van der Waals surface area contributed by atoms with Crippen LogP contribution in [-0.2, 0) is 6.42 Å². The van der Waals surface area contributed by atoms with Crippen molar-refractivity contribution >= 4 is 0 Å². The maximum absolute atomic E-state index is 13.6. The Balaban J connectivity index is 2.33. The van der Waals surface area contributed by atoms with E-state index < -0.39 is 5.54 Å². The van der Waals surface area contributed by atoms with Crippen LogP contribution in [0.3, 0.4) is 0 Å². The molecule has 15 heavy (non-hydrogen) atoms. The van der Waals surface area contributed by atoms with E-state index >= 15 is 0 Å².